The molecule has 4 aromatic carbocycles. The largest absolute Gasteiger partial charge is 0.207 e. The highest BCUT2D eigenvalue weighted by Crippen LogP contribution is 2.50. The summed E-state index contributed by atoms with van der Waals surface area (Å²) in [7, 11) is 0. The Bertz CT molecular complexity index is 1400. The maximum Gasteiger partial charge on any atom is 0.126 e. The van der Waals surface area contributed by atoms with Gasteiger partial charge in [0.15, 0.2) is 0 Å². The van der Waals surface area contributed by atoms with Gasteiger partial charge in [0.2, 0.25) is 0 Å². The number of hydrogen-bond acceptors (Lipinski definition) is 2. The van der Waals surface area contributed by atoms with Gasteiger partial charge >= 0.3 is 0 Å². The molecule has 0 radical (unpaired) electrons. The Morgan fingerprint density at radius 1 is 0.421 bits per heavy atom. The Labute approximate surface area is 227 Å². The zero-order valence-electron chi connectivity index (χ0n) is 20.1. The number of rotatable bonds is 5. The van der Waals surface area contributed by atoms with Gasteiger partial charge < -0.3 is 0 Å². The minimum absolute atomic E-state index is 0.454. The lowest BCUT2D eigenvalue weighted by Gasteiger charge is -2.18. The molecule has 0 saturated carbocycles. The summed E-state index contributed by atoms with van der Waals surface area (Å²) in [5.41, 5.74) is 4.83. The second kappa shape index (κ2) is 10.5. The van der Waals surface area contributed by atoms with Crippen LogP contribution in [0.25, 0.3) is 32.1 Å². The van der Waals surface area contributed by atoms with E-state index in [1.807, 2.05) is 72.1 Å². The molecule has 2 aliphatic rings. The molecule has 0 N–H and O–H groups in total. The Hall–Kier alpha value is -3.22. The van der Waals surface area contributed by atoms with Gasteiger partial charge in [0.25, 0.3) is 0 Å². The third-order valence-corrected chi connectivity index (χ3v) is 9.91. The van der Waals surface area contributed by atoms with Crippen molar-refractivity contribution in [1.82, 2.24) is 0 Å². The Morgan fingerprint density at radius 3 is 1.08 bits per heavy atom. The summed E-state index contributed by atoms with van der Waals surface area (Å²) < 4.78 is 54.4. The smallest absolute Gasteiger partial charge is 0.126 e. The highest BCUT2D eigenvalue weighted by molar-refractivity contribution is 8.12. The van der Waals surface area contributed by atoms with Gasteiger partial charge in [0.1, 0.15) is 23.3 Å². The molecule has 190 valence electrons. The number of thioether (sulfide) groups is 2. The topological polar surface area (TPSA) is 0 Å². The normalized spacial score (nSPS) is 18.9. The zero-order chi connectivity index (χ0) is 26.2. The third-order valence-electron chi connectivity index (χ3n) is 6.77. The van der Waals surface area contributed by atoms with Crippen molar-refractivity contribution in [3.8, 4) is 22.3 Å². The van der Waals surface area contributed by atoms with Crippen LogP contribution in [-0.4, -0.2) is 10.5 Å². The van der Waals surface area contributed by atoms with Crippen LogP contribution in [0.5, 0.6) is 0 Å². The van der Waals surface area contributed by atoms with Crippen LogP contribution in [-0.2, 0) is 0 Å². The van der Waals surface area contributed by atoms with E-state index in [2.05, 4.69) is 12.2 Å². The fraction of sp³-hybridized carbons (Fsp3) is 0.125. The van der Waals surface area contributed by atoms with E-state index < -0.39 is 23.3 Å². The van der Waals surface area contributed by atoms with Crippen LogP contribution in [0.3, 0.4) is 0 Å². The Morgan fingerprint density at radius 2 is 0.737 bits per heavy atom. The van der Waals surface area contributed by atoms with Crippen LogP contribution in [0.4, 0.5) is 17.6 Å². The lowest BCUT2D eigenvalue weighted by Crippen LogP contribution is -2.14. The quantitative estimate of drug-likeness (QED) is 0.229. The standard InChI is InChI=1S/C32H22F4S2/c33-25-13-23(14-26(34)17-25)19-1-5-21(6-2-19)29-9-11-31(37-29)32-12-10-30(38-32)22-7-3-20(4-8-22)24-15-27(35)18-28(36)16-24/h1-10,13-18,31-32H,11-12H2. The lowest BCUT2D eigenvalue weighted by molar-refractivity contribution is 0.583. The van der Waals surface area contributed by atoms with E-state index in [-0.39, 0.29) is 0 Å². The van der Waals surface area contributed by atoms with E-state index in [1.165, 1.54) is 34.1 Å². The summed E-state index contributed by atoms with van der Waals surface area (Å²) >= 11 is 3.77. The molecule has 38 heavy (non-hydrogen) atoms. The van der Waals surface area contributed by atoms with E-state index in [1.54, 1.807) is 0 Å². The summed E-state index contributed by atoms with van der Waals surface area (Å²) in [6.07, 6.45) is 6.52. The molecule has 4 aromatic rings. The van der Waals surface area contributed by atoms with Gasteiger partial charge in [0, 0.05) is 32.4 Å². The fourth-order valence-electron chi connectivity index (χ4n) is 4.89. The Kier molecular flexibility index (Phi) is 6.93. The second-order valence-electron chi connectivity index (χ2n) is 9.39. The average Bonchev–Trinajstić information content (AvgIpc) is 3.58. The number of hydrogen-bond donors (Lipinski definition) is 0. The summed E-state index contributed by atoms with van der Waals surface area (Å²) in [5.74, 6) is -2.33. The van der Waals surface area contributed by atoms with Crippen molar-refractivity contribution in [3.63, 3.8) is 0 Å². The van der Waals surface area contributed by atoms with Gasteiger partial charge in [-0.05, 0) is 70.5 Å². The molecule has 6 rings (SSSR count). The van der Waals surface area contributed by atoms with E-state index in [9.17, 15) is 17.6 Å². The lowest BCUT2D eigenvalue weighted by atomic mass is 10.0. The van der Waals surface area contributed by atoms with Gasteiger partial charge in [-0.15, -0.1) is 23.5 Å². The molecule has 2 atom stereocenters. The summed E-state index contributed by atoms with van der Waals surface area (Å²) in [6.45, 7) is 0. The molecule has 0 amide bonds. The molecule has 2 aliphatic heterocycles. The number of halogens is 4. The zero-order valence-corrected chi connectivity index (χ0v) is 21.8. The van der Waals surface area contributed by atoms with E-state index in [4.69, 9.17) is 0 Å². The predicted octanol–water partition coefficient (Wildman–Crippen LogP) is 9.97. The SMILES string of the molecule is Fc1cc(F)cc(-c2ccc(C3=CCC(C4CC=C(c5ccc(-c6cc(F)cc(F)c6)cc5)S4)S3)cc2)c1. The van der Waals surface area contributed by atoms with Crippen molar-refractivity contribution >= 4 is 33.3 Å². The molecular weight excluding hydrogens is 524 g/mol. The van der Waals surface area contributed by atoms with Crippen LogP contribution in [0, 0.1) is 23.3 Å². The Balaban J connectivity index is 1.08. The first kappa shape index (κ1) is 25.1. The van der Waals surface area contributed by atoms with Gasteiger partial charge in [-0.3, -0.25) is 0 Å². The van der Waals surface area contributed by atoms with Crippen LogP contribution in [0.15, 0.2) is 97.1 Å². The molecule has 0 saturated heterocycles. The van der Waals surface area contributed by atoms with Crippen molar-refractivity contribution in [1.29, 1.82) is 0 Å². The van der Waals surface area contributed by atoms with Gasteiger partial charge in [-0.1, -0.05) is 60.7 Å². The minimum Gasteiger partial charge on any atom is -0.207 e. The molecule has 0 aromatic heterocycles. The van der Waals surface area contributed by atoms with E-state index in [0.717, 1.165) is 47.2 Å². The summed E-state index contributed by atoms with van der Waals surface area (Å²) in [5, 5.41) is 0.908. The van der Waals surface area contributed by atoms with E-state index in [0.29, 0.717) is 21.6 Å². The molecule has 2 heterocycles. The van der Waals surface area contributed by atoms with Gasteiger partial charge in [0.05, 0.1) is 0 Å². The molecule has 0 spiro atoms. The fourth-order valence-corrected chi connectivity index (χ4v) is 7.71. The van der Waals surface area contributed by atoms with Crippen LogP contribution in [0.2, 0.25) is 0 Å². The molecular formula is C32H22F4S2. The van der Waals surface area contributed by atoms with Crippen LogP contribution in [0.1, 0.15) is 24.0 Å². The maximum absolute atomic E-state index is 13.6. The van der Waals surface area contributed by atoms with Crippen molar-refractivity contribution in [2.45, 2.75) is 23.3 Å². The highest BCUT2D eigenvalue weighted by atomic mass is 32.2. The van der Waals surface area contributed by atoms with Crippen molar-refractivity contribution in [3.05, 3.63) is 131 Å². The summed E-state index contributed by atoms with van der Waals surface area (Å²) in [4.78, 5) is 2.46. The van der Waals surface area contributed by atoms with Gasteiger partial charge in [-0.2, -0.15) is 0 Å². The minimum atomic E-state index is -0.582. The third kappa shape index (κ3) is 5.33. The van der Waals surface area contributed by atoms with E-state index >= 15 is 0 Å². The number of allylic oxidation sites excluding steroid dienone is 2. The van der Waals surface area contributed by atoms with Crippen LogP contribution < -0.4 is 0 Å². The molecule has 6 heteroatoms. The average molecular weight is 547 g/mol. The van der Waals surface area contributed by atoms with Crippen molar-refractivity contribution < 1.29 is 17.6 Å². The second-order valence-corrected chi connectivity index (χ2v) is 12.0. The molecule has 0 nitrogen and oxygen atoms in total. The molecule has 0 aliphatic carbocycles. The van der Waals surface area contributed by atoms with Crippen molar-refractivity contribution in [2.75, 3.05) is 0 Å². The maximum atomic E-state index is 13.6. The summed E-state index contributed by atoms with van der Waals surface area (Å²) in [6, 6.07) is 22.8. The predicted molar refractivity (Wildman–Crippen MR) is 152 cm³/mol. The molecule has 2 unspecified atom stereocenters. The monoisotopic (exact) mass is 546 g/mol. The molecule has 0 fully saturated rings. The first-order valence-corrected chi connectivity index (χ1v) is 14.0. The highest BCUT2D eigenvalue weighted by Gasteiger charge is 2.31. The first-order chi connectivity index (χ1) is 18.4. The first-order valence-electron chi connectivity index (χ1n) is 12.3. The number of benzene rings is 4. The van der Waals surface area contributed by atoms with Crippen LogP contribution >= 0.6 is 23.5 Å². The molecule has 0 bridgehead atoms. The van der Waals surface area contributed by atoms with Crippen molar-refractivity contribution in [2.24, 2.45) is 0 Å². The van der Waals surface area contributed by atoms with Gasteiger partial charge in [-0.25, -0.2) is 17.6 Å².